The smallest absolute Gasteiger partial charge is 0.233 e. The van der Waals surface area contributed by atoms with Crippen molar-refractivity contribution < 1.29 is 4.79 Å². The number of thiazole rings is 1. The number of carbonyl (C=O) groups excluding carboxylic acids is 1. The van der Waals surface area contributed by atoms with E-state index >= 15 is 0 Å². The van der Waals surface area contributed by atoms with Crippen LogP contribution in [0.15, 0.2) is 65.3 Å². The molecule has 4 rings (SSSR count). The Morgan fingerprint density at radius 1 is 1.10 bits per heavy atom. The molecule has 2 aromatic heterocycles. The second kappa shape index (κ2) is 8.43. The van der Waals surface area contributed by atoms with Gasteiger partial charge in [0.2, 0.25) is 5.91 Å². The van der Waals surface area contributed by atoms with Crippen LogP contribution < -0.4 is 4.90 Å². The summed E-state index contributed by atoms with van der Waals surface area (Å²) in [5.74, 6) is 0.0162. The number of amides is 1. The van der Waals surface area contributed by atoms with Crippen LogP contribution >= 0.6 is 27.3 Å². The van der Waals surface area contributed by atoms with Gasteiger partial charge in [-0.2, -0.15) is 0 Å². The Morgan fingerprint density at radius 3 is 2.76 bits per heavy atom. The molecule has 0 spiro atoms. The second-order valence-corrected chi connectivity index (χ2v) is 8.94. The molecule has 0 atom stereocenters. The number of aromatic nitrogens is 2. The van der Waals surface area contributed by atoms with E-state index < -0.39 is 0 Å². The molecule has 4 aromatic rings. The molecular formula is C23H20BrN3OS. The summed E-state index contributed by atoms with van der Waals surface area (Å²) in [7, 11) is 0. The van der Waals surface area contributed by atoms with Crippen molar-refractivity contribution in [3.63, 3.8) is 0 Å². The number of anilines is 1. The first-order valence-electron chi connectivity index (χ1n) is 9.32. The number of aryl methyl sites for hydroxylation is 2. The summed E-state index contributed by atoms with van der Waals surface area (Å²) in [6.07, 6.45) is 2.08. The molecule has 29 heavy (non-hydrogen) atoms. The van der Waals surface area contributed by atoms with Crippen molar-refractivity contribution in [2.45, 2.75) is 26.8 Å². The first-order chi connectivity index (χ1) is 14.0. The highest BCUT2D eigenvalue weighted by Crippen LogP contribution is 2.32. The number of halogens is 1. The number of nitrogens with zero attached hydrogens (tertiary/aromatic N) is 3. The van der Waals surface area contributed by atoms with Crippen LogP contribution in [0.1, 0.15) is 22.4 Å². The molecular weight excluding hydrogens is 446 g/mol. The molecule has 0 fully saturated rings. The number of carbonyl (C=O) groups is 1. The maximum absolute atomic E-state index is 13.4. The largest absolute Gasteiger partial charge is 0.282 e. The minimum atomic E-state index is 0.0162. The molecule has 0 bridgehead atoms. The van der Waals surface area contributed by atoms with E-state index in [-0.39, 0.29) is 5.91 Å². The van der Waals surface area contributed by atoms with Crippen molar-refractivity contribution >= 4 is 48.5 Å². The summed E-state index contributed by atoms with van der Waals surface area (Å²) < 4.78 is 2.04. The van der Waals surface area contributed by atoms with Gasteiger partial charge in [0.05, 0.1) is 28.9 Å². The highest BCUT2D eigenvalue weighted by Gasteiger charge is 2.21. The van der Waals surface area contributed by atoms with E-state index in [1.807, 2.05) is 50.2 Å². The third-order valence-corrected chi connectivity index (χ3v) is 6.30. The van der Waals surface area contributed by atoms with Gasteiger partial charge in [-0.3, -0.25) is 14.7 Å². The predicted octanol–water partition coefficient (Wildman–Crippen LogP) is 5.85. The summed E-state index contributed by atoms with van der Waals surface area (Å²) >= 11 is 5.03. The Morgan fingerprint density at radius 2 is 1.97 bits per heavy atom. The van der Waals surface area contributed by atoms with Crippen LogP contribution in [-0.4, -0.2) is 15.9 Å². The summed E-state index contributed by atoms with van der Waals surface area (Å²) in [5.41, 5.74) is 5.04. The highest BCUT2D eigenvalue weighted by molar-refractivity contribution is 9.10. The molecule has 0 saturated heterocycles. The Hall–Kier alpha value is -2.57. The van der Waals surface area contributed by atoms with Crippen LogP contribution in [0.2, 0.25) is 0 Å². The molecule has 2 heterocycles. The van der Waals surface area contributed by atoms with Gasteiger partial charge in [-0.05, 0) is 55.3 Å². The minimum absolute atomic E-state index is 0.0162. The van der Waals surface area contributed by atoms with Gasteiger partial charge in [0.25, 0.3) is 0 Å². The molecule has 6 heteroatoms. The second-order valence-electron chi connectivity index (χ2n) is 7.02. The molecule has 0 aliphatic heterocycles. The van der Waals surface area contributed by atoms with Gasteiger partial charge in [0, 0.05) is 10.7 Å². The first-order valence-corrected chi connectivity index (χ1v) is 10.9. The first kappa shape index (κ1) is 19.7. The molecule has 0 radical (unpaired) electrons. The molecule has 0 aliphatic carbocycles. The fourth-order valence-corrected chi connectivity index (χ4v) is 4.70. The Labute approximate surface area is 182 Å². The highest BCUT2D eigenvalue weighted by atomic mass is 79.9. The van der Waals surface area contributed by atoms with Gasteiger partial charge >= 0.3 is 0 Å². The molecule has 0 aliphatic rings. The quantitative estimate of drug-likeness (QED) is 0.371. The minimum Gasteiger partial charge on any atom is -0.282 e. The fourth-order valence-electron chi connectivity index (χ4n) is 3.17. The zero-order chi connectivity index (χ0) is 20.4. The molecule has 4 nitrogen and oxygen atoms in total. The Balaban J connectivity index is 1.70. The summed E-state index contributed by atoms with van der Waals surface area (Å²) in [6.45, 7) is 4.48. The van der Waals surface area contributed by atoms with Gasteiger partial charge in [-0.1, -0.05) is 57.1 Å². The molecule has 0 saturated carbocycles. The van der Waals surface area contributed by atoms with E-state index in [0.717, 1.165) is 37.1 Å². The van der Waals surface area contributed by atoms with Crippen LogP contribution in [0.5, 0.6) is 0 Å². The standard InChI is InChI=1S/C23H20BrN3OS/c1-15-6-7-16(2)17(11-15)12-22(28)27(14-19-5-3-4-10-25-19)23-26-20-9-8-18(24)13-21(20)29-23/h3-11,13H,12,14H2,1-2H3. The molecule has 0 N–H and O–H groups in total. The van der Waals surface area contributed by atoms with E-state index in [4.69, 9.17) is 4.98 Å². The normalized spacial score (nSPS) is 11.0. The molecule has 1 amide bonds. The SMILES string of the molecule is Cc1ccc(C)c(CC(=O)N(Cc2ccccn2)c2nc3ccc(Br)cc3s2)c1. The monoisotopic (exact) mass is 465 g/mol. The lowest BCUT2D eigenvalue weighted by Gasteiger charge is -2.20. The Bertz CT molecular complexity index is 1170. The lowest BCUT2D eigenvalue weighted by Crippen LogP contribution is -2.32. The molecule has 0 unspecified atom stereocenters. The van der Waals surface area contributed by atoms with E-state index in [9.17, 15) is 4.79 Å². The van der Waals surface area contributed by atoms with Crippen LogP contribution in [0.4, 0.5) is 5.13 Å². The number of rotatable bonds is 5. The van der Waals surface area contributed by atoms with Crippen molar-refractivity contribution in [2.24, 2.45) is 0 Å². The topological polar surface area (TPSA) is 46.1 Å². The van der Waals surface area contributed by atoms with Gasteiger partial charge < -0.3 is 0 Å². The predicted molar refractivity (Wildman–Crippen MR) is 122 cm³/mol. The summed E-state index contributed by atoms with van der Waals surface area (Å²) in [6, 6.07) is 17.9. The van der Waals surface area contributed by atoms with E-state index in [1.54, 1.807) is 11.1 Å². The molecule has 2 aromatic carbocycles. The van der Waals surface area contributed by atoms with Crippen LogP contribution in [0.3, 0.4) is 0 Å². The summed E-state index contributed by atoms with van der Waals surface area (Å²) in [5, 5.41) is 0.694. The number of benzene rings is 2. The summed E-state index contributed by atoms with van der Waals surface area (Å²) in [4.78, 5) is 24.3. The average molecular weight is 466 g/mol. The zero-order valence-corrected chi connectivity index (χ0v) is 18.6. The van der Waals surface area contributed by atoms with Crippen molar-refractivity contribution in [3.05, 3.63) is 87.7 Å². The number of hydrogen-bond acceptors (Lipinski definition) is 4. The van der Waals surface area contributed by atoms with Gasteiger partial charge in [0.1, 0.15) is 0 Å². The van der Waals surface area contributed by atoms with Gasteiger partial charge in [-0.25, -0.2) is 4.98 Å². The number of fused-ring (bicyclic) bond motifs is 1. The maximum Gasteiger partial charge on any atom is 0.233 e. The van der Waals surface area contributed by atoms with Crippen molar-refractivity contribution in [1.82, 2.24) is 9.97 Å². The number of pyridine rings is 1. The van der Waals surface area contributed by atoms with Gasteiger partial charge in [-0.15, -0.1) is 0 Å². The number of hydrogen-bond donors (Lipinski definition) is 0. The third-order valence-electron chi connectivity index (χ3n) is 4.76. The zero-order valence-electron chi connectivity index (χ0n) is 16.2. The lowest BCUT2D eigenvalue weighted by atomic mass is 10.0. The van der Waals surface area contributed by atoms with Crippen LogP contribution in [-0.2, 0) is 17.8 Å². The fraction of sp³-hybridized carbons (Fsp3) is 0.174. The van der Waals surface area contributed by atoms with Crippen molar-refractivity contribution in [1.29, 1.82) is 0 Å². The van der Waals surface area contributed by atoms with E-state index in [1.165, 1.54) is 11.3 Å². The third kappa shape index (κ3) is 4.54. The van der Waals surface area contributed by atoms with E-state index in [0.29, 0.717) is 18.1 Å². The lowest BCUT2D eigenvalue weighted by molar-refractivity contribution is -0.118. The maximum atomic E-state index is 13.4. The van der Waals surface area contributed by atoms with Crippen molar-refractivity contribution in [3.8, 4) is 0 Å². The van der Waals surface area contributed by atoms with Crippen molar-refractivity contribution in [2.75, 3.05) is 4.90 Å². The van der Waals surface area contributed by atoms with Crippen LogP contribution in [0.25, 0.3) is 10.2 Å². The van der Waals surface area contributed by atoms with Crippen LogP contribution in [0, 0.1) is 13.8 Å². The Kier molecular flexibility index (Phi) is 5.74. The van der Waals surface area contributed by atoms with E-state index in [2.05, 4.69) is 39.1 Å². The molecule has 146 valence electrons. The van der Waals surface area contributed by atoms with Gasteiger partial charge in [0.15, 0.2) is 5.13 Å². The average Bonchev–Trinajstić information content (AvgIpc) is 3.12.